The molecule has 1 aromatic rings. The van der Waals surface area contributed by atoms with E-state index in [4.69, 9.17) is 23.7 Å². The van der Waals surface area contributed by atoms with Crippen LogP contribution in [-0.2, 0) is 18.9 Å². The predicted molar refractivity (Wildman–Crippen MR) is 109 cm³/mol. The van der Waals surface area contributed by atoms with Gasteiger partial charge >= 0.3 is 0 Å². The third-order valence-corrected chi connectivity index (χ3v) is 5.71. The van der Waals surface area contributed by atoms with Crippen molar-refractivity contribution in [3.63, 3.8) is 0 Å². The lowest BCUT2D eigenvalue weighted by atomic mass is 10.3. The zero-order valence-electron chi connectivity index (χ0n) is 15.3. The highest BCUT2D eigenvalue weighted by molar-refractivity contribution is 8.02. The van der Waals surface area contributed by atoms with Crippen molar-refractivity contribution in [1.82, 2.24) is 0 Å². The maximum absolute atomic E-state index is 5.88. The van der Waals surface area contributed by atoms with Crippen LogP contribution in [0.25, 0.3) is 0 Å². The molecule has 1 aliphatic rings. The minimum absolute atomic E-state index is 0.123. The number of para-hydroxylation sites is 1. The lowest BCUT2D eigenvalue weighted by molar-refractivity contribution is -0.0605. The van der Waals surface area contributed by atoms with E-state index in [1.807, 2.05) is 53.9 Å². The van der Waals surface area contributed by atoms with Crippen LogP contribution in [0.15, 0.2) is 30.3 Å². The second-order valence-corrected chi connectivity index (χ2v) is 8.09. The number of hydrogen-bond donors (Lipinski definition) is 0. The largest absolute Gasteiger partial charge is 0.491 e. The van der Waals surface area contributed by atoms with Gasteiger partial charge in [-0.15, -0.1) is 0 Å². The van der Waals surface area contributed by atoms with Crippen LogP contribution in [0.4, 0.5) is 0 Å². The molecule has 1 aliphatic heterocycles. The topological polar surface area (TPSA) is 46.2 Å². The molecule has 0 aliphatic carbocycles. The van der Waals surface area contributed by atoms with Crippen LogP contribution < -0.4 is 4.74 Å². The summed E-state index contributed by atoms with van der Waals surface area (Å²) in [5.41, 5.74) is 0. The Kier molecular flexibility index (Phi) is 13.1. The standard InChI is InChI=1S/C19H30O5S2/c1-2-4-18(5-3-1)24-17-19-16-22-7-6-20-10-12-25-14-15-26-13-11-21-8-9-23-19/h1-5,19H,6-17H2. The Morgan fingerprint density at radius 3 is 2.15 bits per heavy atom. The van der Waals surface area contributed by atoms with Crippen molar-refractivity contribution in [2.45, 2.75) is 6.10 Å². The first kappa shape index (κ1) is 21.9. The van der Waals surface area contributed by atoms with Gasteiger partial charge in [0.15, 0.2) is 0 Å². The summed E-state index contributed by atoms with van der Waals surface area (Å²) in [5, 5.41) is 0. The molecule has 0 spiro atoms. The van der Waals surface area contributed by atoms with Crippen molar-refractivity contribution >= 4 is 23.5 Å². The average Bonchev–Trinajstić information content (AvgIpc) is 2.68. The maximum atomic E-state index is 5.88. The number of hydrogen-bond acceptors (Lipinski definition) is 7. The summed E-state index contributed by atoms with van der Waals surface area (Å²) in [6.45, 7) is 4.82. The van der Waals surface area contributed by atoms with E-state index < -0.39 is 0 Å². The maximum Gasteiger partial charge on any atom is 0.119 e. The highest BCUT2D eigenvalue weighted by atomic mass is 32.2. The highest BCUT2D eigenvalue weighted by Gasteiger charge is 2.11. The molecular weight excluding hydrogens is 372 g/mol. The summed E-state index contributed by atoms with van der Waals surface area (Å²) in [6.07, 6.45) is -0.123. The first-order valence-electron chi connectivity index (χ1n) is 9.13. The van der Waals surface area contributed by atoms with Gasteiger partial charge in [0.05, 0.1) is 46.2 Å². The zero-order chi connectivity index (χ0) is 18.1. The van der Waals surface area contributed by atoms with Gasteiger partial charge in [0.1, 0.15) is 18.5 Å². The quantitative estimate of drug-likeness (QED) is 0.770. The third-order valence-electron chi connectivity index (χ3n) is 3.55. The molecule has 1 fully saturated rings. The first-order valence-corrected chi connectivity index (χ1v) is 11.4. The lowest BCUT2D eigenvalue weighted by Crippen LogP contribution is -2.29. The van der Waals surface area contributed by atoms with Crippen LogP contribution in [-0.4, -0.2) is 82.0 Å². The monoisotopic (exact) mass is 402 g/mol. The lowest BCUT2D eigenvalue weighted by Gasteiger charge is -2.19. The molecule has 5 nitrogen and oxygen atoms in total. The van der Waals surface area contributed by atoms with Crippen molar-refractivity contribution < 1.29 is 23.7 Å². The van der Waals surface area contributed by atoms with E-state index in [0.29, 0.717) is 39.6 Å². The van der Waals surface area contributed by atoms with Gasteiger partial charge in [-0.2, -0.15) is 23.5 Å². The van der Waals surface area contributed by atoms with Crippen molar-refractivity contribution in [1.29, 1.82) is 0 Å². The van der Waals surface area contributed by atoms with Crippen LogP contribution >= 0.6 is 23.5 Å². The molecule has 148 valence electrons. The van der Waals surface area contributed by atoms with E-state index in [9.17, 15) is 0 Å². The summed E-state index contributed by atoms with van der Waals surface area (Å²) in [5.74, 6) is 5.22. The normalized spacial score (nSPS) is 22.8. The Morgan fingerprint density at radius 2 is 1.42 bits per heavy atom. The Bertz CT molecular complexity index is 417. The molecule has 0 radical (unpaired) electrons. The summed E-state index contributed by atoms with van der Waals surface area (Å²) >= 11 is 3.87. The molecule has 1 aromatic carbocycles. The second kappa shape index (κ2) is 15.6. The van der Waals surface area contributed by atoms with E-state index in [2.05, 4.69) is 0 Å². The first-order chi connectivity index (χ1) is 12.9. The zero-order valence-corrected chi connectivity index (χ0v) is 16.9. The molecule has 1 unspecified atom stereocenters. The fourth-order valence-electron chi connectivity index (χ4n) is 2.22. The molecule has 7 heteroatoms. The fourth-order valence-corrected chi connectivity index (χ4v) is 4.04. The van der Waals surface area contributed by atoms with E-state index in [1.165, 1.54) is 0 Å². The SMILES string of the molecule is c1ccc(OCC2COCCOCCSCCSCCOCCO2)cc1. The van der Waals surface area contributed by atoms with E-state index in [1.54, 1.807) is 0 Å². The molecule has 0 aromatic heterocycles. The Balaban J connectivity index is 1.70. The van der Waals surface area contributed by atoms with Crippen molar-refractivity contribution in [3.05, 3.63) is 30.3 Å². The summed E-state index contributed by atoms with van der Waals surface area (Å²) in [4.78, 5) is 0. The second-order valence-electron chi connectivity index (χ2n) is 5.64. The molecule has 0 saturated carbocycles. The summed E-state index contributed by atoms with van der Waals surface area (Å²) < 4.78 is 28.6. The molecule has 0 bridgehead atoms. The van der Waals surface area contributed by atoms with Crippen molar-refractivity contribution in [2.75, 3.05) is 75.9 Å². The van der Waals surface area contributed by atoms with Crippen molar-refractivity contribution in [2.24, 2.45) is 0 Å². The molecule has 1 heterocycles. The fraction of sp³-hybridized carbons (Fsp3) is 0.684. The minimum Gasteiger partial charge on any atom is -0.491 e. The van der Waals surface area contributed by atoms with Crippen LogP contribution in [0, 0.1) is 0 Å². The van der Waals surface area contributed by atoms with E-state index >= 15 is 0 Å². The third kappa shape index (κ3) is 11.3. The molecule has 1 atom stereocenters. The average molecular weight is 403 g/mol. The van der Waals surface area contributed by atoms with Crippen LogP contribution in [0.1, 0.15) is 0 Å². The van der Waals surface area contributed by atoms with Gasteiger partial charge < -0.3 is 23.7 Å². The Hall–Kier alpha value is -0.440. The van der Waals surface area contributed by atoms with Gasteiger partial charge in [-0.3, -0.25) is 0 Å². The van der Waals surface area contributed by atoms with Gasteiger partial charge in [-0.1, -0.05) is 18.2 Å². The molecule has 0 amide bonds. The summed E-state index contributed by atoms with van der Waals surface area (Å²) in [6, 6.07) is 9.76. The van der Waals surface area contributed by atoms with Gasteiger partial charge in [-0.25, -0.2) is 0 Å². The van der Waals surface area contributed by atoms with Gasteiger partial charge in [0.2, 0.25) is 0 Å². The Morgan fingerprint density at radius 1 is 0.769 bits per heavy atom. The van der Waals surface area contributed by atoms with E-state index in [-0.39, 0.29) is 6.10 Å². The number of rotatable bonds is 3. The van der Waals surface area contributed by atoms with Gasteiger partial charge in [0.25, 0.3) is 0 Å². The molecule has 2 rings (SSSR count). The molecule has 1 saturated heterocycles. The number of benzene rings is 1. The van der Waals surface area contributed by atoms with Gasteiger partial charge in [0, 0.05) is 23.0 Å². The van der Waals surface area contributed by atoms with Crippen LogP contribution in [0.2, 0.25) is 0 Å². The summed E-state index contributed by atoms with van der Waals surface area (Å²) in [7, 11) is 0. The molecular formula is C19H30O5S2. The smallest absolute Gasteiger partial charge is 0.119 e. The highest BCUT2D eigenvalue weighted by Crippen LogP contribution is 2.10. The van der Waals surface area contributed by atoms with Gasteiger partial charge in [-0.05, 0) is 12.1 Å². The van der Waals surface area contributed by atoms with E-state index in [0.717, 1.165) is 42.0 Å². The number of ether oxygens (including phenoxy) is 5. The van der Waals surface area contributed by atoms with Crippen molar-refractivity contribution in [3.8, 4) is 5.75 Å². The Labute approximate surface area is 165 Å². The van der Waals surface area contributed by atoms with Crippen LogP contribution in [0.5, 0.6) is 5.75 Å². The predicted octanol–water partition coefficient (Wildman–Crippen LogP) is 2.98. The number of thioether (sulfide) groups is 2. The molecule has 0 N–H and O–H groups in total. The molecule has 26 heavy (non-hydrogen) atoms. The minimum atomic E-state index is -0.123. The van der Waals surface area contributed by atoms with Crippen LogP contribution in [0.3, 0.4) is 0 Å².